The molecule has 18 heavy (non-hydrogen) atoms. The quantitative estimate of drug-likeness (QED) is 0.589. The maximum atomic E-state index is 3.31. The number of nitrogens with one attached hydrogen (secondary N) is 1. The van der Waals surface area contributed by atoms with Crippen LogP contribution in [0.4, 0.5) is 0 Å². The zero-order chi connectivity index (χ0) is 12.3. The molecule has 0 spiro atoms. The van der Waals surface area contributed by atoms with Crippen LogP contribution in [0, 0.1) is 0 Å². The van der Waals surface area contributed by atoms with Crippen molar-refractivity contribution in [2.75, 3.05) is 0 Å². The average Bonchev–Trinajstić information content (AvgIpc) is 2.92. The van der Waals surface area contributed by atoms with Crippen molar-refractivity contribution in [2.45, 2.75) is 19.3 Å². The second kappa shape index (κ2) is 3.05. The molecule has 0 unspecified atom stereocenters. The fourth-order valence-electron chi connectivity index (χ4n) is 3.34. The van der Waals surface area contributed by atoms with Crippen LogP contribution in [0.5, 0.6) is 0 Å². The van der Waals surface area contributed by atoms with Crippen LogP contribution in [0.25, 0.3) is 22.0 Å². The average molecular weight is 233 g/mol. The van der Waals surface area contributed by atoms with Crippen molar-refractivity contribution in [3.8, 4) is 11.1 Å². The third kappa shape index (κ3) is 1.02. The third-order valence-corrected chi connectivity index (χ3v) is 4.28. The number of aromatic amines is 1. The van der Waals surface area contributed by atoms with Crippen LogP contribution in [0.15, 0.2) is 48.7 Å². The van der Waals surface area contributed by atoms with Gasteiger partial charge in [0.2, 0.25) is 0 Å². The van der Waals surface area contributed by atoms with Crippen molar-refractivity contribution in [1.82, 2.24) is 4.98 Å². The van der Waals surface area contributed by atoms with E-state index >= 15 is 0 Å². The van der Waals surface area contributed by atoms with Crippen molar-refractivity contribution in [3.05, 3.63) is 59.8 Å². The predicted molar refractivity (Wildman–Crippen MR) is 75.9 cm³/mol. The lowest BCUT2D eigenvalue weighted by Gasteiger charge is -2.21. The van der Waals surface area contributed by atoms with E-state index < -0.39 is 0 Å². The van der Waals surface area contributed by atoms with Gasteiger partial charge in [0.1, 0.15) is 0 Å². The van der Waals surface area contributed by atoms with Crippen molar-refractivity contribution in [1.29, 1.82) is 0 Å². The first-order chi connectivity index (χ1) is 8.69. The molecular formula is C17H15N. The second-order valence-electron chi connectivity index (χ2n) is 5.60. The molecule has 1 aliphatic rings. The summed E-state index contributed by atoms with van der Waals surface area (Å²) in [7, 11) is 0. The molecule has 1 heterocycles. The molecule has 1 heteroatoms. The van der Waals surface area contributed by atoms with Crippen LogP contribution in [0.2, 0.25) is 0 Å². The Labute approximate surface area is 106 Å². The van der Waals surface area contributed by atoms with Crippen molar-refractivity contribution in [3.63, 3.8) is 0 Å². The summed E-state index contributed by atoms with van der Waals surface area (Å²) in [6, 6.07) is 15.4. The molecule has 88 valence electrons. The van der Waals surface area contributed by atoms with Crippen LogP contribution >= 0.6 is 0 Å². The van der Waals surface area contributed by atoms with Gasteiger partial charge in [-0.3, -0.25) is 0 Å². The van der Waals surface area contributed by atoms with Gasteiger partial charge in [0.05, 0.1) is 0 Å². The topological polar surface area (TPSA) is 15.8 Å². The molecule has 0 saturated carbocycles. The lowest BCUT2D eigenvalue weighted by atomic mass is 9.82. The SMILES string of the molecule is CC1(C)c2ccccc2-c2c1ccc1[nH]ccc21. The Kier molecular flexibility index (Phi) is 1.69. The predicted octanol–water partition coefficient (Wildman–Crippen LogP) is 4.47. The minimum atomic E-state index is 0.109. The summed E-state index contributed by atoms with van der Waals surface area (Å²) in [6.07, 6.45) is 2.03. The van der Waals surface area contributed by atoms with Gasteiger partial charge in [0.15, 0.2) is 0 Å². The monoisotopic (exact) mass is 233 g/mol. The first-order valence-corrected chi connectivity index (χ1v) is 6.40. The lowest BCUT2D eigenvalue weighted by Crippen LogP contribution is -2.14. The molecule has 3 aromatic rings. The Bertz CT molecular complexity index is 762. The molecule has 1 N–H and O–H groups in total. The van der Waals surface area contributed by atoms with Crippen molar-refractivity contribution in [2.24, 2.45) is 0 Å². The number of H-pyrrole nitrogens is 1. The molecule has 0 aliphatic heterocycles. The highest BCUT2D eigenvalue weighted by Gasteiger charge is 2.35. The summed E-state index contributed by atoms with van der Waals surface area (Å²) in [6.45, 7) is 4.63. The molecule has 4 rings (SSSR count). The minimum Gasteiger partial charge on any atom is -0.361 e. The van der Waals surface area contributed by atoms with Gasteiger partial charge in [0.25, 0.3) is 0 Å². The Morgan fingerprint density at radius 2 is 1.72 bits per heavy atom. The lowest BCUT2D eigenvalue weighted by molar-refractivity contribution is 0.661. The molecule has 0 atom stereocenters. The van der Waals surface area contributed by atoms with E-state index in [9.17, 15) is 0 Å². The van der Waals surface area contributed by atoms with Crippen molar-refractivity contribution < 1.29 is 0 Å². The van der Waals surface area contributed by atoms with E-state index in [1.807, 2.05) is 6.20 Å². The zero-order valence-electron chi connectivity index (χ0n) is 10.6. The Morgan fingerprint density at radius 3 is 2.61 bits per heavy atom. The third-order valence-electron chi connectivity index (χ3n) is 4.28. The van der Waals surface area contributed by atoms with Gasteiger partial charge in [-0.05, 0) is 34.4 Å². The summed E-state index contributed by atoms with van der Waals surface area (Å²) in [5.74, 6) is 0. The first-order valence-electron chi connectivity index (χ1n) is 6.40. The molecule has 1 aromatic heterocycles. The normalized spacial score (nSPS) is 15.7. The van der Waals surface area contributed by atoms with E-state index in [0.29, 0.717) is 0 Å². The Balaban J connectivity index is 2.23. The standard InChI is InChI=1S/C17H15N/c1-17(2)13-6-4-3-5-11(13)16-12-9-10-18-15(12)8-7-14(16)17/h3-10,18H,1-2H3. The van der Waals surface area contributed by atoms with E-state index in [1.165, 1.54) is 33.2 Å². The van der Waals surface area contributed by atoms with E-state index in [1.54, 1.807) is 0 Å². The number of hydrogen-bond donors (Lipinski definition) is 1. The van der Waals surface area contributed by atoms with Gasteiger partial charge < -0.3 is 4.98 Å². The highest BCUT2D eigenvalue weighted by molar-refractivity contribution is 6.01. The number of aromatic nitrogens is 1. The number of rotatable bonds is 0. The first kappa shape index (κ1) is 9.95. The van der Waals surface area contributed by atoms with Gasteiger partial charge in [-0.15, -0.1) is 0 Å². The van der Waals surface area contributed by atoms with Crippen LogP contribution in [0.1, 0.15) is 25.0 Å². The van der Waals surface area contributed by atoms with Gasteiger partial charge in [0, 0.05) is 22.5 Å². The number of fused-ring (bicyclic) bond motifs is 5. The van der Waals surface area contributed by atoms with Crippen LogP contribution in [0.3, 0.4) is 0 Å². The van der Waals surface area contributed by atoms with E-state index in [0.717, 1.165) is 0 Å². The summed E-state index contributed by atoms with van der Waals surface area (Å²) in [5, 5.41) is 1.34. The molecule has 0 radical (unpaired) electrons. The van der Waals surface area contributed by atoms with Gasteiger partial charge in [-0.25, -0.2) is 0 Å². The van der Waals surface area contributed by atoms with Crippen LogP contribution in [-0.4, -0.2) is 4.98 Å². The van der Waals surface area contributed by atoms with Gasteiger partial charge in [-0.2, -0.15) is 0 Å². The van der Waals surface area contributed by atoms with E-state index in [2.05, 4.69) is 61.3 Å². The zero-order valence-corrected chi connectivity index (χ0v) is 10.6. The molecule has 0 fully saturated rings. The molecule has 1 aliphatic carbocycles. The Morgan fingerprint density at radius 1 is 0.889 bits per heavy atom. The summed E-state index contributed by atoms with van der Waals surface area (Å²) >= 11 is 0. The number of hydrogen-bond acceptors (Lipinski definition) is 0. The summed E-state index contributed by atoms with van der Waals surface area (Å²) < 4.78 is 0. The van der Waals surface area contributed by atoms with Gasteiger partial charge >= 0.3 is 0 Å². The fourth-order valence-corrected chi connectivity index (χ4v) is 3.34. The largest absolute Gasteiger partial charge is 0.361 e. The molecular weight excluding hydrogens is 218 g/mol. The molecule has 2 aromatic carbocycles. The smallest absolute Gasteiger partial charge is 0.0460 e. The Hall–Kier alpha value is -2.02. The van der Waals surface area contributed by atoms with Crippen LogP contribution in [-0.2, 0) is 5.41 Å². The minimum absolute atomic E-state index is 0.109. The van der Waals surface area contributed by atoms with E-state index in [-0.39, 0.29) is 5.41 Å². The maximum absolute atomic E-state index is 3.31. The number of benzene rings is 2. The highest BCUT2D eigenvalue weighted by atomic mass is 14.7. The van der Waals surface area contributed by atoms with Crippen LogP contribution < -0.4 is 0 Å². The maximum Gasteiger partial charge on any atom is 0.0460 e. The summed E-state index contributed by atoms with van der Waals surface area (Å²) in [5.41, 5.74) is 7.01. The fraction of sp³-hybridized carbons (Fsp3) is 0.176. The molecule has 0 saturated heterocycles. The highest BCUT2D eigenvalue weighted by Crippen LogP contribution is 2.50. The molecule has 1 nitrogen and oxygen atoms in total. The summed E-state index contributed by atoms with van der Waals surface area (Å²) in [4.78, 5) is 3.31. The van der Waals surface area contributed by atoms with Crippen molar-refractivity contribution >= 4 is 10.9 Å². The molecule has 0 bridgehead atoms. The second-order valence-corrected chi connectivity index (χ2v) is 5.60. The van der Waals surface area contributed by atoms with Gasteiger partial charge in [-0.1, -0.05) is 44.2 Å². The van der Waals surface area contributed by atoms with E-state index in [4.69, 9.17) is 0 Å². The molecule has 0 amide bonds.